The maximum absolute atomic E-state index is 5.95. The lowest BCUT2D eigenvalue weighted by atomic mass is 10.2. The summed E-state index contributed by atoms with van der Waals surface area (Å²) < 4.78 is 15.3. The SMILES string of the molecule is CN1CCOC(c2nc(COc3ccccc3)nn2-c2ccnn2C)C1. The van der Waals surface area contributed by atoms with E-state index in [1.165, 1.54) is 0 Å². The molecule has 0 aliphatic carbocycles. The summed E-state index contributed by atoms with van der Waals surface area (Å²) in [5.41, 5.74) is 0. The number of morpholine rings is 1. The fourth-order valence-corrected chi connectivity index (χ4v) is 2.98. The van der Waals surface area contributed by atoms with Gasteiger partial charge in [-0.15, -0.1) is 5.10 Å². The van der Waals surface area contributed by atoms with Crippen molar-refractivity contribution in [3.05, 3.63) is 54.2 Å². The molecule has 0 amide bonds. The predicted octanol–water partition coefficient (Wildman–Crippen LogP) is 1.58. The molecule has 8 heteroatoms. The van der Waals surface area contributed by atoms with Gasteiger partial charge in [0.15, 0.2) is 17.5 Å². The first-order chi connectivity index (χ1) is 12.7. The fourth-order valence-electron chi connectivity index (χ4n) is 2.98. The normalized spacial score (nSPS) is 18.2. The minimum absolute atomic E-state index is 0.137. The zero-order chi connectivity index (χ0) is 17.9. The minimum Gasteiger partial charge on any atom is -0.486 e. The third-order valence-electron chi connectivity index (χ3n) is 4.36. The van der Waals surface area contributed by atoms with Gasteiger partial charge in [-0.2, -0.15) is 9.78 Å². The Bertz CT molecular complexity index is 860. The van der Waals surface area contributed by atoms with Crippen molar-refractivity contribution in [1.29, 1.82) is 0 Å². The van der Waals surface area contributed by atoms with E-state index < -0.39 is 0 Å². The van der Waals surface area contributed by atoms with Gasteiger partial charge in [-0.25, -0.2) is 4.98 Å². The van der Waals surface area contributed by atoms with Crippen molar-refractivity contribution in [2.45, 2.75) is 12.7 Å². The fraction of sp³-hybridized carbons (Fsp3) is 0.389. The summed E-state index contributed by atoms with van der Waals surface area (Å²) in [7, 11) is 3.97. The van der Waals surface area contributed by atoms with E-state index in [-0.39, 0.29) is 6.10 Å². The smallest absolute Gasteiger partial charge is 0.189 e. The highest BCUT2D eigenvalue weighted by molar-refractivity contribution is 5.23. The Morgan fingerprint density at radius 3 is 2.77 bits per heavy atom. The van der Waals surface area contributed by atoms with Crippen LogP contribution in [0.25, 0.3) is 5.82 Å². The molecule has 4 rings (SSSR count). The van der Waals surface area contributed by atoms with Crippen LogP contribution >= 0.6 is 0 Å². The summed E-state index contributed by atoms with van der Waals surface area (Å²) >= 11 is 0. The zero-order valence-electron chi connectivity index (χ0n) is 14.9. The third kappa shape index (κ3) is 3.47. The number of nitrogens with zero attached hydrogens (tertiary/aromatic N) is 6. The number of benzene rings is 1. The number of aryl methyl sites for hydroxylation is 1. The first kappa shape index (κ1) is 16.7. The van der Waals surface area contributed by atoms with Crippen LogP contribution in [-0.4, -0.2) is 56.2 Å². The van der Waals surface area contributed by atoms with E-state index >= 15 is 0 Å². The van der Waals surface area contributed by atoms with Crippen molar-refractivity contribution in [3.63, 3.8) is 0 Å². The second kappa shape index (κ2) is 7.27. The molecule has 1 aliphatic heterocycles. The summed E-state index contributed by atoms with van der Waals surface area (Å²) in [6.07, 6.45) is 1.61. The molecule has 1 atom stereocenters. The highest BCUT2D eigenvalue weighted by Gasteiger charge is 2.27. The van der Waals surface area contributed by atoms with Gasteiger partial charge in [0.25, 0.3) is 0 Å². The Hall–Kier alpha value is -2.71. The monoisotopic (exact) mass is 354 g/mol. The Balaban J connectivity index is 1.62. The van der Waals surface area contributed by atoms with Crippen molar-refractivity contribution in [2.75, 3.05) is 26.7 Å². The first-order valence-corrected chi connectivity index (χ1v) is 8.63. The van der Waals surface area contributed by atoms with E-state index in [9.17, 15) is 0 Å². The van der Waals surface area contributed by atoms with Crippen LogP contribution in [0.5, 0.6) is 5.75 Å². The summed E-state index contributed by atoms with van der Waals surface area (Å²) in [6.45, 7) is 2.66. The van der Waals surface area contributed by atoms with Gasteiger partial charge in [0.1, 0.15) is 18.5 Å². The van der Waals surface area contributed by atoms with Gasteiger partial charge < -0.3 is 14.4 Å². The van der Waals surface area contributed by atoms with Crippen LogP contribution < -0.4 is 4.74 Å². The standard InChI is InChI=1S/C18H22N6O2/c1-22-10-11-25-15(12-22)18-20-16(13-26-14-6-4-3-5-7-14)21-24(18)17-8-9-19-23(17)2/h3-9,15H,10-13H2,1-2H3. The molecule has 1 unspecified atom stereocenters. The molecule has 1 aliphatic rings. The van der Waals surface area contributed by atoms with Crippen molar-refractivity contribution in [2.24, 2.45) is 7.05 Å². The zero-order valence-corrected chi connectivity index (χ0v) is 14.9. The summed E-state index contributed by atoms with van der Waals surface area (Å²) in [4.78, 5) is 6.95. The Morgan fingerprint density at radius 2 is 2.04 bits per heavy atom. The second-order valence-corrected chi connectivity index (χ2v) is 6.33. The molecule has 0 N–H and O–H groups in total. The summed E-state index contributed by atoms with van der Waals surface area (Å²) in [6, 6.07) is 11.6. The molecule has 0 bridgehead atoms. The predicted molar refractivity (Wildman–Crippen MR) is 95.1 cm³/mol. The molecular weight excluding hydrogens is 332 g/mol. The number of hydrogen-bond acceptors (Lipinski definition) is 6. The number of hydrogen-bond donors (Lipinski definition) is 0. The highest BCUT2D eigenvalue weighted by atomic mass is 16.5. The molecule has 136 valence electrons. The minimum atomic E-state index is -0.137. The largest absolute Gasteiger partial charge is 0.486 e. The van der Waals surface area contributed by atoms with Crippen LogP contribution in [0.4, 0.5) is 0 Å². The lowest BCUT2D eigenvalue weighted by Gasteiger charge is -2.29. The number of rotatable bonds is 5. The molecule has 8 nitrogen and oxygen atoms in total. The maximum Gasteiger partial charge on any atom is 0.189 e. The van der Waals surface area contributed by atoms with E-state index in [0.717, 1.165) is 30.5 Å². The van der Waals surface area contributed by atoms with Gasteiger partial charge in [-0.05, 0) is 19.2 Å². The number of para-hydroxylation sites is 1. The van der Waals surface area contributed by atoms with Gasteiger partial charge in [0.05, 0.1) is 12.8 Å². The highest BCUT2D eigenvalue weighted by Crippen LogP contribution is 2.23. The van der Waals surface area contributed by atoms with E-state index in [1.807, 2.05) is 43.4 Å². The summed E-state index contributed by atoms with van der Waals surface area (Å²) in [5, 5.41) is 8.89. The average Bonchev–Trinajstić information content (AvgIpc) is 3.27. The maximum atomic E-state index is 5.95. The summed E-state index contributed by atoms with van der Waals surface area (Å²) in [5.74, 6) is 3.02. The topological polar surface area (TPSA) is 70.2 Å². The lowest BCUT2D eigenvalue weighted by molar-refractivity contribution is -0.0266. The number of ether oxygens (including phenoxy) is 2. The Labute approximate surface area is 152 Å². The molecule has 1 aromatic carbocycles. The van der Waals surface area contributed by atoms with Crippen LogP contribution in [0, 0.1) is 0 Å². The van der Waals surface area contributed by atoms with Crippen molar-refractivity contribution < 1.29 is 9.47 Å². The molecule has 1 saturated heterocycles. The van der Waals surface area contributed by atoms with Crippen molar-refractivity contribution in [1.82, 2.24) is 29.4 Å². The number of aromatic nitrogens is 5. The quantitative estimate of drug-likeness (QED) is 0.693. The lowest BCUT2D eigenvalue weighted by Crippen LogP contribution is -2.36. The van der Waals surface area contributed by atoms with Crippen LogP contribution in [-0.2, 0) is 18.4 Å². The van der Waals surface area contributed by atoms with Crippen LogP contribution in [0.2, 0.25) is 0 Å². The average molecular weight is 354 g/mol. The van der Waals surface area contributed by atoms with Crippen LogP contribution in [0.1, 0.15) is 17.8 Å². The van der Waals surface area contributed by atoms with E-state index in [0.29, 0.717) is 19.0 Å². The first-order valence-electron chi connectivity index (χ1n) is 8.63. The van der Waals surface area contributed by atoms with Gasteiger partial charge >= 0.3 is 0 Å². The van der Waals surface area contributed by atoms with Crippen molar-refractivity contribution in [3.8, 4) is 11.6 Å². The van der Waals surface area contributed by atoms with Crippen LogP contribution in [0.15, 0.2) is 42.6 Å². The molecule has 0 radical (unpaired) electrons. The molecule has 0 spiro atoms. The van der Waals surface area contributed by atoms with Crippen molar-refractivity contribution >= 4 is 0 Å². The van der Waals surface area contributed by atoms with Gasteiger partial charge in [-0.3, -0.25) is 4.68 Å². The molecule has 3 heterocycles. The van der Waals surface area contributed by atoms with Gasteiger partial charge in [-0.1, -0.05) is 18.2 Å². The Morgan fingerprint density at radius 1 is 1.19 bits per heavy atom. The second-order valence-electron chi connectivity index (χ2n) is 6.33. The van der Waals surface area contributed by atoms with E-state index in [2.05, 4.69) is 22.1 Å². The molecule has 2 aromatic heterocycles. The third-order valence-corrected chi connectivity index (χ3v) is 4.36. The number of likely N-dealkylation sites (N-methyl/N-ethyl adjacent to an activating group) is 1. The van der Waals surface area contributed by atoms with E-state index in [1.54, 1.807) is 15.6 Å². The van der Waals surface area contributed by atoms with Gasteiger partial charge in [0, 0.05) is 26.2 Å². The molecular formula is C18H22N6O2. The Kier molecular flexibility index (Phi) is 4.68. The molecule has 3 aromatic rings. The molecule has 1 fully saturated rings. The molecule has 0 saturated carbocycles. The molecule has 26 heavy (non-hydrogen) atoms. The van der Waals surface area contributed by atoms with Crippen LogP contribution in [0.3, 0.4) is 0 Å². The van der Waals surface area contributed by atoms with E-state index in [4.69, 9.17) is 14.5 Å². The van der Waals surface area contributed by atoms with Gasteiger partial charge in [0.2, 0.25) is 0 Å².